The Balaban J connectivity index is 1.80. The quantitative estimate of drug-likeness (QED) is 0.900. The molecule has 0 amide bonds. The van der Waals surface area contributed by atoms with Gasteiger partial charge in [-0.05, 0) is 41.2 Å². The normalized spacial score (nSPS) is 29.8. The molecule has 0 bridgehead atoms. The van der Waals surface area contributed by atoms with Gasteiger partial charge < -0.3 is 10.5 Å². The lowest BCUT2D eigenvalue weighted by Gasteiger charge is -2.53. The first-order chi connectivity index (χ1) is 8.79. The van der Waals surface area contributed by atoms with Gasteiger partial charge in [-0.2, -0.15) is 0 Å². The van der Waals surface area contributed by atoms with Crippen LogP contribution in [0.15, 0.2) is 29.6 Å². The summed E-state index contributed by atoms with van der Waals surface area (Å²) in [7, 11) is 0. The predicted molar refractivity (Wildman–Crippen MR) is 75.0 cm³/mol. The largest absolute Gasteiger partial charge is 0.379 e. The number of hydrogen-bond acceptors (Lipinski definition) is 3. The van der Waals surface area contributed by atoms with Crippen LogP contribution in [-0.2, 0) is 10.2 Å². The van der Waals surface area contributed by atoms with Crippen LogP contribution in [0.25, 0.3) is 10.1 Å². The van der Waals surface area contributed by atoms with Crippen LogP contribution in [0.1, 0.15) is 18.4 Å². The number of rotatable bonds is 2. The molecule has 2 aromatic rings. The lowest BCUT2D eigenvalue weighted by molar-refractivity contribution is -0.110. The number of hydrogen-bond donors (Lipinski definition) is 1. The van der Waals surface area contributed by atoms with E-state index in [4.69, 9.17) is 10.5 Å². The highest BCUT2D eigenvalue weighted by atomic mass is 32.1. The molecule has 0 spiro atoms. The fraction of sp³-hybridized carbons (Fsp3) is 0.467. The van der Waals surface area contributed by atoms with Crippen molar-refractivity contribution in [2.24, 2.45) is 11.7 Å². The minimum absolute atomic E-state index is 0.259. The summed E-state index contributed by atoms with van der Waals surface area (Å²) in [5, 5.41) is 3.77. The maximum atomic E-state index is 5.97. The molecule has 0 radical (unpaired) electrons. The Morgan fingerprint density at radius 3 is 2.67 bits per heavy atom. The molecule has 1 aliphatic heterocycles. The average Bonchev–Trinajstić information content (AvgIpc) is 2.70. The van der Waals surface area contributed by atoms with Gasteiger partial charge in [-0.3, -0.25) is 0 Å². The summed E-state index contributed by atoms with van der Waals surface area (Å²) in [5.74, 6) is 0.722. The smallest absolute Gasteiger partial charge is 0.0588 e. The van der Waals surface area contributed by atoms with Crippen molar-refractivity contribution in [3.05, 3.63) is 35.2 Å². The van der Waals surface area contributed by atoms with E-state index < -0.39 is 0 Å². The molecule has 2 nitrogen and oxygen atoms in total. The van der Waals surface area contributed by atoms with Crippen molar-refractivity contribution in [3.8, 4) is 0 Å². The highest BCUT2D eigenvalue weighted by Crippen LogP contribution is 2.51. The molecule has 94 valence electrons. The van der Waals surface area contributed by atoms with E-state index in [1.807, 2.05) is 11.3 Å². The molecule has 18 heavy (non-hydrogen) atoms. The van der Waals surface area contributed by atoms with Crippen LogP contribution >= 0.6 is 11.3 Å². The molecule has 2 aliphatic rings. The zero-order valence-corrected chi connectivity index (χ0v) is 11.1. The zero-order chi connectivity index (χ0) is 12.2. The van der Waals surface area contributed by atoms with Gasteiger partial charge in [0.15, 0.2) is 0 Å². The lowest BCUT2D eigenvalue weighted by atomic mass is 9.59. The van der Waals surface area contributed by atoms with Gasteiger partial charge in [0.1, 0.15) is 0 Å². The van der Waals surface area contributed by atoms with Gasteiger partial charge in [0.25, 0.3) is 0 Å². The maximum Gasteiger partial charge on any atom is 0.0588 e. The van der Waals surface area contributed by atoms with Crippen LogP contribution < -0.4 is 5.73 Å². The number of fused-ring (bicyclic) bond motifs is 1. The Hall–Kier alpha value is -0.900. The average molecular weight is 259 g/mol. The molecule has 1 saturated heterocycles. The summed E-state index contributed by atoms with van der Waals surface area (Å²) in [6, 6.07) is 9.13. The fourth-order valence-corrected chi connectivity index (χ4v) is 4.48. The van der Waals surface area contributed by atoms with Crippen molar-refractivity contribution in [1.82, 2.24) is 0 Å². The van der Waals surface area contributed by atoms with Crippen LogP contribution in [0.5, 0.6) is 0 Å². The van der Waals surface area contributed by atoms with Gasteiger partial charge in [-0.1, -0.05) is 18.2 Å². The summed E-state index contributed by atoms with van der Waals surface area (Å²) in [6.45, 7) is 1.76. The Morgan fingerprint density at radius 1 is 1.22 bits per heavy atom. The fourth-order valence-electron chi connectivity index (χ4n) is 3.41. The van der Waals surface area contributed by atoms with E-state index in [0.29, 0.717) is 6.04 Å². The minimum Gasteiger partial charge on any atom is -0.379 e. The van der Waals surface area contributed by atoms with Crippen LogP contribution in [-0.4, -0.2) is 19.3 Å². The summed E-state index contributed by atoms with van der Waals surface area (Å²) in [5.41, 5.74) is 7.74. The van der Waals surface area contributed by atoms with E-state index in [0.717, 1.165) is 32.0 Å². The SMILES string of the molecule is NC1CC(C2(c3csc4ccccc34)COC2)C1. The van der Waals surface area contributed by atoms with Gasteiger partial charge in [-0.25, -0.2) is 0 Å². The first-order valence-corrected chi connectivity index (χ1v) is 7.47. The monoisotopic (exact) mass is 259 g/mol. The molecule has 2 fully saturated rings. The number of thiophene rings is 1. The second-order valence-electron chi connectivity index (χ2n) is 5.72. The second kappa shape index (κ2) is 3.80. The third kappa shape index (κ3) is 1.35. The Kier molecular flexibility index (Phi) is 2.31. The molecule has 1 saturated carbocycles. The first kappa shape index (κ1) is 11.0. The third-order valence-corrected chi connectivity index (χ3v) is 5.66. The standard InChI is InChI=1S/C15H17NOS/c16-11-5-10(6-11)15(8-17-9-15)13-7-18-14-4-2-1-3-12(13)14/h1-4,7,10-11H,5-6,8-9,16H2. The molecule has 0 unspecified atom stereocenters. The summed E-state index contributed by atoms with van der Waals surface area (Å²) < 4.78 is 6.96. The Bertz CT molecular complexity index is 581. The molecule has 4 rings (SSSR count). The molecular formula is C15H17NOS. The van der Waals surface area contributed by atoms with Gasteiger partial charge >= 0.3 is 0 Å². The summed E-state index contributed by atoms with van der Waals surface area (Å²) in [4.78, 5) is 0. The van der Waals surface area contributed by atoms with Crippen molar-refractivity contribution >= 4 is 21.4 Å². The van der Waals surface area contributed by atoms with Gasteiger partial charge in [0.05, 0.1) is 13.2 Å². The Labute approximate surface area is 111 Å². The first-order valence-electron chi connectivity index (χ1n) is 6.60. The van der Waals surface area contributed by atoms with E-state index in [9.17, 15) is 0 Å². The minimum atomic E-state index is 0.259. The predicted octanol–water partition coefficient (Wildman–Crippen LogP) is 2.91. The van der Waals surface area contributed by atoms with E-state index in [1.165, 1.54) is 15.6 Å². The second-order valence-corrected chi connectivity index (χ2v) is 6.63. The molecule has 2 heterocycles. The van der Waals surface area contributed by atoms with Crippen molar-refractivity contribution in [3.63, 3.8) is 0 Å². The highest BCUT2D eigenvalue weighted by Gasteiger charge is 2.52. The van der Waals surface area contributed by atoms with Gasteiger partial charge in [0.2, 0.25) is 0 Å². The lowest BCUT2D eigenvalue weighted by Crippen LogP contribution is -2.58. The van der Waals surface area contributed by atoms with Crippen LogP contribution in [0.4, 0.5) is 0 Å². The number of benzene rings is 1. The molecule has 2 N–H and O–H groups in total. The van der Waals surface area contributed by atoms with E-state index in [2.05, 4.69) is 29.6 Å². The van der Waals surface area contributed by atoms with E-state index in [-0.39, 0.29) is 5.41 Å². The summed E-state index contributed by atoms with van der Waals surface area (Å²) in [6.07, 6.45) is 2.32. The molecular weight excluding hydrogens is 242 g/mol. The topological polar surface area (TPSA) is 35.2 Å². The van der Waals surface area contributed by atoms with Gasteiger partial charge in [-0.15, -0.1) is 11.3 Å². The van der Waals surface area contributed by atoms with Gasteiger partial charge in [0, 0.05) is 16.2 Å². The Morgan fingerprint density at radius 2 is 2.00 bits per heavy atom. The summed E-state index contributed by atoms with van der Waals surface area (Å²) >= 11 is 1.86. The van der Waals surface area contributed by atoms with Crippen molar-refractivity contribution < 1.29 is 4.74 Å². The van der Waals surface area contributed by atoms with Crippen molar-refractivity contribution in [1.29, 1.82) is 0 Å². The molecule has 1 aromatic heterocycles. The zero-order valence-electron chi connectivity index (χ0n) is 10.3. The van der Waals surface area contributed by atoms with Crippen molar-refractivity contribution in [2.75, 3.05) is 13.2 Å². The highest BCUT2D eigenvalue weighted by molar-refractivity contribution is 7.17. The molecule has 0 atom stereocenters. The van der Waals surface area contributed by atoms with Crippen molar-refractivity contribution in [2.45, 2.75) is 24.3 Å². The van der Waals surface area contributed by atoms with E-state index >= 15 is 0 Å². The van der Waals surface area contributed by atoms with Crippen LogP contribution in [0, 0.1) is 5.92 Å². The molecule has 1 aromatic carbocycles. The third-order valence-electron chi connectivity index (χ3n) is 4.69. The molecule has 1 aliphatic carbocycles. The number of nitrogens with two attached hydrogens (primary N) is 1. The molecule has 3 heteroatoms. The number of ether oxygens (including phenoxy) is 1. The van der Waals surface area contributed by atoms with Crippen LogP contribution in [0.3, 0.4) is 0 Å². The maximum absolute atomic E-state index is 5.97. The van der Waals surface area contributed by atoms with Crippen LogP contribution in [0.2, 0.25) is 0 Å². The van der Waals surface area contributed by atoms with E-state index in [1.54, 1.807) is 0 Å².